The predicted molar refractivity (Wildman–Crippen MR) is 112 cm³/mol. The van der Waals surface area contributed by atoms with Crippen molar-refractivity contribution in [3.8, 4) is 11.5 Å². The Morgan fingerprint density at radius 3 is 2.48 bits per heavy atom. The van der Waals surface area contributed by atoms with Gasteiger partial charge in [-0.25, -0.2) is 14.8 Å². The molecule has 1 saturated heterocycles. The molecule has 0 bridgehead atoms. The number of hydrogen-bond acceptors (Lipinski definition) is 7. The highest BCUT2D eigenvalue weighted by molar-refractivity contribution is 6.18. The average Bonchev–Trinajstić information content (AvgIpc) is 2.69. The van der Waals surface area contributed by atoms with Gasteiger partial charge in [-0.15, -0.1) is 11.6 Å². The van der Waals surface area contributed by atoms with E-state index in [1.807, 2.05) is 32.9 Å². The van der Waals surface area contributed by atoms with Gasteiger partial charge in [-0.2, -0.15) is 0 Å². The smallest absolute Gasteiger partial charge is 0.410 e. The second-order valence-electron chi connectivity index (χ2n) is 7.71. The van der Waals surface area contributed by atoms with Crippen LogP contribution in [0.2, 0.25) is 0 Å². The quantitative estimate of drug-likeness (QED) is 0.684. The van der Waals surface area contributed by atoms with E-state index in [0.29, 0.717) is 50.2 Å². The first-order valence-corrected chi connectivity index (χ1v) is 10.1. The predicted octanol–water partition coefficient (Wildman–Crippen LogP) is 3.31. The Balaban J connectivity index is 1.79. The van der Waals surface area contributed by atoms with Crippen molar-refractivity contribution in [1.82, 2.24) is 14.9 Å². The second-order valence-corrected chi connectivity index (χ2v) is 8.09. The zero-order chi connectivity index (χ0) is 21.0. The van der Waals surface area contributed by atoms with Crippen molar-refractivity contribution in [2.45, 2.75) is 26.4 Å². The van der Waals surface area contributed by atoms with Gasteiger partial charge in [-0.05, 0) is 26.8 Å². The summed E-state index contributed by atoms with van der Waals surface area (Å²) in [7, 11) is 1.60. The van der Waals surface area contributed by atoms with Gasteiger partial charge in [0.1, 0.15) is 24.4 Å². The summed E-state index contributed by atoms with van der Waals surface area (Å²) in [6, 6.07) is 3.72. The molecule has 1 fully saturated rings. The summed E-state index contributed by atoms with van der Waals surface area (Å²) in [5, 5.41) is 0.869. The second kappa shape index (κ2) is 8.90. The molecule has 0 atom stereocenters. The SMILES string of the molecule is COc1cc2c(N3CCN(C(=O)OC(C)(C)C)CC3)ncnc2cc1OCCCl. The molecule has 0 aliphatic carbocycles. The molecule has 1 aliphatic heterocycles. The molecule has 0 N–H and O–H groups in total. The number of carbonyl (C=O) groups excluding carboxylic acids is 1. The lowest BCUT2D eigenvalue weighted by atomic mass is 10.2. The number of alkyl halides is 1. The highest BCUT2D eigenvalue weighted by Gasteiger charge is 2.27. The molecule has 1 aliphatic rings. The Bertz CT molecular complexity index is 863. The number of anilines is 1. The van der Waals surface area contributed by atoms with Crippen LogP contribution in [0.25, 0.3) is 10.9 Å². The summed E-state index contributed by atoms with van der Waals surface area (Å²) < 4.78 is 16.6. The van der Waals surface area contributed by atoms with Crippen LogP contribution >= 0.6 is 11.6 Å². The van der Waals surface area contributed by atoms with Gasteiger partial charge in [0, 0.05) is 37.6 Å². The number of carbonyl (C=O) groups is 1. The van der Waals surface area contributed by atoms with Crippen LogP contribution < -0.4 is 14.4 Å². The number of methoxy groups -OCH3 is 1. The van der Waals surface area contributed by atoms with Crippen molar-refractivity contribution in [3.05, 3.63) is 18.5 Å². The Morgan fingerprint density at radius 1 is 1.14 bits per heavy atom. The molecule has 1 aromatic carbocycles. The molecule has 8 nitrogen and oxygen atoms in total. The van der Waals surface area contributed by atoms with Crippen LogP contribution in [-0.2, 0) is 4.74 Å². The maximum Gasteiger partial charge on any atom is 0.410 e. The largest absolute Gasteiger partial charge is 0.493 e. The number of amides is 1. The molecular weight excluding hydrogens is 396 g/mol. The fraction of sp³-hybridized carbons (Fsp3) is 0.550. The monoisotopic (exact) mass is 422 g/mol. The first-order valence-electron chi connectivity index (χ1n) is 9.57. The summed E-state index contributed by atoms with van der Waals surface area (Å²) in [5.41, 5.74) is 0.256. The zero-order valence-corrected chi connectivity index (χ0v) is 18.0. The standard InChI is InChI=1S/C20H27ClN4O4/c1-20(2,3)29-19(26)25-8-6-24(7-9-25)18-14-11-16(27-4)17(28-10-5-21)12-15(14)22-13-23-18/h11-13H,5-10H2,1-4H3. The molecule has 2 heterocycles. The normalized spacial score (nSPS) is 14.8. The average molecular weight is 423 g/mol. The van der Waals surface area contributed by atoms with E-state index < -0.39 is 5.60 Å². The van der Waals surface area contributed by atoms with Crippen LogP contribution in [0.4, 0.5) is 10.6 Å². The van der Waals surface area contributed by atoms with Gasteiger partial charge in [0.15, 0.2) is 11.5 Å². The van der Waals surface area contributed by atoms with Gasteiger partial charge in [-0.3, -0.25) is 0 Å². The van der Waals surface area contributed by atoms with Crippen LogP contribution in [0, 0.1) is 0 Å². The molecule has 1 aromatic heterocycles. The molecule has 0 radical (unpaired) electrons. The third-order valence-corrected chi connectivity index (χ3v) is 4.62. The summed E-state index contributed by atoms with van der Waals surface area (Å²) >= 11 is 5.73. The van der Waals surface area contributed by atoms with Crippen LogP contribution in [-0.4, -0.2) is 72.3 Å². The molecule has 1 amide bonds. The fourth-order valence-electron chi connectivity index (χ4n) is 3.15. The van der Waals surface area contributed by atoms with Crippen LogP contribution in [0.1, 0.15) is 20.8 Å². The van der Waals surface area contributed by atoms with Crippen molar-refractivity contribution in [3.63, 3.8) is 0 Å². The Morgan fingerprint density at radius 2 is 1.86 bits per heavy atom. The minimum Gasteiger partial charge on any atom is -0.493 e. The minimum atomic E-state index is -0.503. The fourth-order valence-corrected chi connectivity index (χ4v) is 3.23. The molecular formula is C20H27ClN4O4. The van der Waals surface area contributed by atoms with Crippen LogP contribution in [0.5, 0.6) is 11.5 Å². The van der Waals surface area contributed by atoms with E-state index >= 15 is 0 Å². The minimum absolute atomic E-state index is 0.285. The number of piperazine rings is 1. The lowest BCUT2D eigenvalue weighted by Gasteiger charge is -2.36. The lowest BCUT2D eigenvalue weighted by molar-refractivity contribution is 0.0240. The molecule has 29 heavy (non-hydrogen) atoms. The number of benzene rings is 1. The summed E-state index contributed by atoms with van der Waals surface area (Å²) in [6.07, 6.45) is 1.25. The highest BCUT2D eigenvalue weighted by Crippen LogP contribution is 2.35. The van der Waals surface area contributed by atoms with Gasteiger partial charge in [0.2, 0.25) is 0 Å². The number of hydrogen-bond donors (Lipinski definition) is 0. The number of ether oxygens (including phenoxy) is 3. The van der Waals surface area contributed by atoms with E-state index in [2.05, 4.69) is 14.9 Å². The van der Waals surface area contributed by atoms with E-state index in [0.717, 1.165) is 16.7 Å². The Hall–Kier alpha value is -2.48. The third kappa shape index (κ3) is 5.12. The maximum absolute atomic E-state index is 12.3. The summed E-state index contributed by atoms with van der Waals surface area (Å²) in [4.78, 5) is 25.0. The van der Waals surface area contributed by atoms with Crippen molar-refractivity contribution in [2.24, 2.45) is 0 Å². The van der Waals surface area contributed by atoms with Gasteiger partial charge >= 0.3 is 6.09 Å². The van der Waals surface area contributed by atoms with E-state index in [1.165, 1.54) is 6.33 Å². The number of halogens is 1. The van der Waals surface area contributed by atoms with Crippen LogP contribution in [0.3, 0.4) is 0 Å². The molecule has 0 spiro atoms. The van der Waals surface area contributed by atoms with E-state index in [9.17, 15) is 4.79 Å². The highest BCUT2D eigenvalue weighted by atomic mass is 35.5. The van der Waals surface area contributed by atoms with Gasteiger partial charge < -0.3 is 24.0 Å². The third-order valence-electron chi connectivity index (χ3n) is 4.47. The van der Waals surface area contributed by atoms with Crippen molar-refractivity contribution >= 4 is 34.4 Å². The zero-order valence-electron chi connectivity index (χ0n) is 17.3. The molecule has 3 rings (SSSR count). The molecule has 0 saturated carbocycles. The topological polar surface area (TPSA) is 77.0 Å². The number of nitrogens with zero attached hydrogens (tertiary/aromatic N) is 4. The molecule has 2 aromatic rings. The molecule has 9 heteroatoms. The van der Waals surface area contributed by atoms with Crippen LogP contribution in [0.15, 0.2) is 18.5 Å². The van der Waals surface area contributed by atoms with Gasteiger partial charge in [0.05, 0.1) is 18.5 Å². The van der Waals surface area contributed by atoms with Crippen molar-refractivity contribution in [2.75, 3.05) is 50.7 Å². The Kier molecular flexibility index (Phi) is 6.52. The maximum atomic E-state index is 12.3. The first kappa shape index (κ1) is 21.2. The lowest BCUT2D eigenvalue weighted by Crippen LogP contribution is -2.50. The van der Waals surface area contributed by atoms with Gasteiger partial charge in [-0.1, -0.05) is 0 Å². The number of rotatable bonds is 5. The van der Waals surface area contributed by atoms with E-state index in [-0.39, 0.29) is 6.09 Å². The van der Waals surface area contributed by atoms with Crippen molar-refractivity contribution < 1.29 is 19.0 Å². The van der Waals surface area contributed by atoms with E-state index in [1.54, 1.807) is 12.0 Å². The van der Waals surface area contributed by atoms with Gasteiger partial charge in [0.25, 0.3) is 0 Å². The molecule has 0 unspecified atom stereocenters. The first-order chi connectivity index (χ1) is 13.8. The number of fused-ring (bicyclic) bond motifs is 1. The van der Waals surface area contributed by atoms with E-state index in [4.69, 9.17) is 25.8 Å². The summed E-state index contributed by atoms with van der Waals surface area (Å²) in [6.45, 7) is 8.42. The molecule has 158 valence electrons. The van der Waals surface area contributed by atoms with Crippen molar-refractivity contribution in [1.29, 1.82) is 0 Å². The summed E-state index contributed by atoms with van der Waals surface area (Å²) in [5.74, 6) is 2.39. The Labute approximate surface area is 175 Å². The number of aromatic nitrogens is 2.